The Morgan fingerprint density at radius 3 is 1.20 bits per heavy atom. The van der Waals surface area contributed by atoms with Crippen molar-refractivity contribution in [3.8, 4) is 0 Å². The molecule has 5 heavy (non-hydrogen) atoms. The fraction of sp³-hybridized carbons (Fsp3) is 0. The van der Waals surface area contributed by atoms with E-state index < -0.39 is 0 Å². The summed E-state index contributed by atoms with van der Waals surface area (Å²) in [6, 6.07) is 0. The standard InChI is InChI=1S/2ClH.Li.HPS/c;;;1-2/h2*1H;;1H/q;;+1;/p-1. The van der Waals surface area contributed by atoms with Gasteiger partial charge in [0.15, 0.2) is 0 Å². The molecule has 5 heteroatoms. The fourth-order valence-electron chi connectivity index (χ4n) is 0. The molecule has 0 aromatic rings. The number of rotatable bonds is 0. The predicted octanol–water partition coefficient (Wildman–Crippen LogP) is -4.98. The van der Waals surface area contributed by atoms with Crippen LogP contribution < -0.4 is 31.3 Å². The molecule has 0 bridgehead atoms. The number of hydrogen-bond acceptors (Lipinski definition) is 1. The first-order valence-corrected chi connectivity index (χ1v) is 1.84. The normalized spacial score (nSPS) is 0.800. The van der Waals surface area contributed by atoms with E-state index in [9.17, 15) is 0 Å². The van der Waals surface area contributed by atoms with E-state index in [2.05, 4.69) is 19.8 Å². The Bertz CT molecular complexity index is 9.61. The Morgan fingerprint density at radius 2 is 1.20 bits per heavy atom. The van der Waals surface area contributed by atoms with E-state index in [0.717, 1.165) is 0 Å². The molecule has 0 heterocycles. The van der Waals surface area contributed by atoms with Crippen LogP contribution in [0.4, 0.5) is 0 Å². The molecule has 0 rings (SSSR count). The van der Waals surface area contributed by atoms with Crippen LogP contribution in [-0.4, -0.2) is 0 Å². The van der Waals surface area contributed by atoms with Gasteiger partial charge in [0.2, 0.25) is 0 Å². The van der Waals surface area contributed by atoms with Gasteiger partial charge in [-0.1, -0.05) is 11.8 Å². The molecule has 0 atom stereocenters. The topological polar surface area (TPSA) is 0 Å². The second-order valence-electron chi connectivity index (χ2n) is 0. The van der Waals surface area contributed by atoms with Gasteiger partial charge in [0, 0.05) is 0 Å². The minimum Gasteiger partial charge on any atom is -1.00 e. The van der Waals surface area contributed by atoms with Gasteiger partial charge in [-0.25, -0.2) is 0 Å². The zero-order valence-electron chi connectivity index (χ0n) is 2.69. The molecule has 0 aliphatic rings. The third-order valence-electron chi connectivity index (χ3n) is 0. The van der Waals surface area contributed by atoms with Gasteiger partial charge in [0.25, 0.3) is 0 Å². The molecule has 0 amide bonds. The van der Waals surface area contributed by atoms with Crippen LogP contribution >= 0.6 is 20.4 Å². The van der Waals surface area contributed by atoms with Gasteiger partial charge in [0.1, 0.15) is 0 Å². The summed E-state index contributed by atoms with van der Waals surface area (Å²) in [5.41, 5.74) is 0. The minimum absolute atomic E-state index is 0. The van der Waals surface area contributed by atoms with E-state index >= 15 is 0 Å². The van der Waals surface area contributed by atoms with E-state index in [4.69, 9.17) is 0 Å². The van der Waals surface area contributed by atoms with Crippen LogP contribution in [0.3, 0.4) is 0 Å². The summed E-state index contributed by atoms with van der Waals surface area (Å²) < 4.78 is 0. The molecule has 0 saturated heterocycles. The summed E-state index contributed by atoms with van der Waals surface area (Å²) >= 11 is 3.89. The average molecular weight is 143 g/mol. The quantitative estimate of drug-likeness (QED) is 0.242. The minimum atomic E-state index is 0. The van der Waals surface area contributed by atoms with Crippen molar-refractivity contribution in [2.24, 2.45) is 0 Å². The largest absolute Gasteiger partial charge is 1.00 e. The van der Waals surface area contributed by atoms with Crippen LogP contribution in [0.5, 0.6) is 0 Å². The first kappa shape index (κ1) is 29.9. The van der Waals surface area contributed by atoms with Crippen molar-refractivity contribution in [2.45, 2.75) is 0 Å². The van der Waals surface area contributed by atoms with Crippen molar-refractivity contribution in [1.29, 1.82) is 0 Å². The van der Waals surface area contributed by atoms with Crippen LogP contribution in [0.25, 0.3) is 0 Å². The number of hydrogen-bond donors (Lipinski definition) is 0. The molecule has 28 valence electrons. The van der Waals surface area contributed by atoms with Crippen LogP contribution in [0, 0.1) is 0 Å². The van der Waals surface area contributed by atoms with Crippen molar-refractivity contribution in [2.75, 3.05) is 0 Å². The van der Waals surface area contributed by atoms with Gasteiger partial charge in [-0.15, -0.1) is 12.4 Å². The number of halogens is 2. The van der Waals surface area contributed by atoms with Gasteiger partial charge < -0.3 is 12.4 Å². The molecule has 0 saturated carbocycles. The van der Waals surface area contributed by atoms with Crippen LogP contribution in [0.15, 0.2) is 0 Å². The van der Waals surface area contributed by atoms with Gasteiger partial charge in [-0.3, -0.25) is 0 Å². The molecule has 0 aromatic heterocycles. The van der Waals surface area contributed by atoms with Crippen molar-refractivity contribution in [3.05, 3.63) is 0 Å². The first-order valence-electron chi connectivity index (χ1n) is 0.204. The van der Waals surface area contributed by atoms with Crippen molar-refractivity contribution >= 4 is 32.2 Å². The van der Waals surface area contributed by atoms with Crippen molar-refractivity contribution in [1.82, 2.24) is 0 Å². The van der Waals surface area contributed by atoms with Gasteiger partial charge in [-0.05, 0) is 8.02 Å². The summed E-state index contributed by atoms with van der Waals surface area (Å²) in [7, 11) is 2.56. The summed E-state index contributed by atoms with van der Waals surface area (Å²) in [5, 5.41) is 0. The fourth-order valence-corrected chi connectivity index (χ4v) is 0. The maximum absolute atomic E-state index is 3.89. The van der Waals surface area contributed by atoms with E-state index in [-0.39, 0.29) is 43.7 Å². The molecule has 0 aromatic carbocycles. The second-order valence-corrected chi connectivity index (χ2v) is 0. The van der Waals surface area contributed by atoms with Gasteiger partial charge in [0.05, 0.1) is 0 Å². The Hall–Kier alpha value is 1.70. The Kier molecular flexibility index (Phi) is 261. The van der Waals surface area contributed by atoms with E-state index in [1.54, 1.807) is 0 Å². The second kappa shape index (κ2) is 43.6. The molecular formula is H2Cl2LiPS. The van der Waals surface area contributed by atoms with E-state index in [0.29, 0.717) is 0 Å². The van der Waals surface area contributed by atoms with Crippen LogP contribution in [0.1, 0.15) is 0 Å². The van der Waals surface area contributed by atoms with E-state index in [1.165, 1.54) is 0 Å². The maximum atomic E-state index is 3.89. The SMILES string of the molecule is Cl.P=S.[Cl-].[Li+]. The maximum Gasteiger partial charge on any atom is 1.00 e. The Morgan fingerprint density at radius 1 is 1.20 bits per heavy atom. The van der Waals surface area contributed by atoms with Crippen LogP contribution in [-0.2, 0) is 11.8 Å². The van der Waals surface area contributed by atoms with Crippen molar-refractivity contribution < 1.29 is 31.3 Å². The summed E-state index contributed by atoms with van der Waals surface area (Å²) in [4.78, 5) is 0. The predicted molar refractivity (Wildman–Crippen MR) is 22.9 cm³/mol. The molecule has 0 N–H and O–H groups in total. The molecule has 0 spiro atoms. The van der Waals surface area contributed by atoms with Crippen LogP contribution in [0.2, 0.25) is 0 Å². The monoisotopic (exact) mass is 142 g/mol. The third-order valence-corrected chi connectivity index (χ3v) is 0. The molecule has 0 unspecified atom stereocenters. The summed E-state index contributed by atoms with van der Waals surface area (Å²) in [5.74, 6) is 0. The smallest absolute Gasteiger partial charge is 1.00 e. The zero-order valence-corrected chi connectivity index (χ0v) is 6.08. The molecule has 0 aliphatic heterocycles. The van der Waals surface area contributed by atoms with Crippen molar-refractivity contribution in [3.63, 3.8) is 0 Å². The molecule has 0 aliphatic carbocycles. The van der Waals surface area contributed by atoms with Gasteiger partial charge in [-0.2, -0.15) is 0 Å². The van der Waals surface area contributed by atoms with E-state index in [1.807, 2.05) is 0 Å². The molecule has 0 nitrogen and oxygen atoms in total. The summed E-state index contributed by atoms with van der Waals surface area (Å²) in [6.45, 7) is 0. The molecule has 0 radical (unpaired) electrons. The average Bonchev–Trinajstić information content (AvgIpc) is 1.00. The first-order chi connectivity index (χ1) is 1.00. The Labute approximate surface area is 63.3 Å². The third kappa shape index (κ3) is 27.0. The Balaban J connectivity index is -0.00000000167. The van der Waals surface area contributed by atoms with Gasteiger partial charge >= 0.3 is 18.9 Å². The summed E-state index contributed by atoms with van der Waals surface area (Å²) in [6.07, 6.45) is 0. The molecule has 0 fully saturated rings. The zero-order chi connectivity index (χ0) is 2.00. The molecular weight excluding hydrogens is 141 g/mol.